The lowest BCUT2D eigenvalue weighted by Crippen LogP contribution is -2.32. The first-order valence-electron chi connectivity index (χ1n) is 6.38. The van der Waals surface area contributed by atoms with Crippen LogP contribution in [0.2, 0.25) is 0 Å². The predicted octanol–water partition coefficient (Wildman–Crippen LogP) is 1.06. The van der Waals surface area contributed by atoms with Crippen LogP contribution in [0.5, 0.6) is 0 Å². The fourth-order valence-electron chi connectivity index (χ4n) is 1.83. The van der Waals surface area contributed by atoms with Crippen LogP contribution in [-0.4, -0.2) is 30.7 Å². The Bertz CT molecular complexity index is 851. The van der Waals surface area contributed by atoms with E-state index in [1.807, 2.05) is 20.8 Å². The van der Waals surface area contributed by atoms with Crippen LogP contribution in [0.4, 0.5) is 0 Å². The lowest BCUT2D eigenvalue weighted by atomic mass is 9.93. The standard InChI is InChI=1S/C13H14N6O2/c1-13(2,3)10-11(20)19(12-16-14-8-18(12)17-10)15-7-9-5-4-6-21-9/h4-8H,1-3H3/b15-7-. The van der Waals surface area contributed by atoms with Crippen LogP contribution in [0, 0.1) is 0 Å². The van der Waals surface area contributed by atoms with Gasteiger partial charge in [0.05, 0.1) is 12.5 Å². The van der Waals surface area contributed by atoms with Gasteiger partial charge in [-0.15, -0.1) is 10.2 Å². The zero-order valence-corrected chi connectivity index (χ0v) is 11.9. The van der Waals surface area contributed by atoms with Gasteiger partial charge in [-0.25, -0.2) is 0 Å². The fourth-order valence-corrected chi connectivity index (χ4v) is 1.83. The zero-order chi connectivity index (χ0) is 15.0. The first-order valence-corrected chi connectivity index (χ1v) is 6.38. The topological polar surface area (TPSA) is 90.6 Å². The SMILES string of the molecule is CC(C)(C)c1nn2cnnc2n(/N=C\c2ccco2)c1=O. The molecule has 3 rings (SSSR count). The Balaban J connectivity index is 2.22. The molecule has 0 aromatic carbocycles. The summed E-state index contributed by atoms with van der Waals surface area (Å²) in [5.41, 5.74) is -0.366. The molecule has 3 aromatic rings. The minimum absolute atomic E-state index is 0.246. The van der Waals surface area contributed by atoms with Gasteiger partial charge in [-0.05, 0) is 12.1 Å². The van der Waals surface area contributed by atoms with E-state index in [2.05, 4.69) is 20.4 Å². The number of hydrogen-bond donors (Lipinski definition) is 0. The van der Waals surface area contributed by atoms with E-state index >= 15 is 0 Å². The van der Waals surface area contributed by atoms with Crippen molar-refractivity contribution in [1.29, 1.82) is 0 Å². The van der Waals surface area contributed by atoms with E-state index in [9.17, 15) is 4.79 Å². The summed E-state index contributed by atoms with van der Waals surface area (Å²) in [6.45, 7) is 5.73. The second-order valence-electron chi connectivity index (χ2n) is 5.55. The third-order valence-corrected chi connectivity index (χ3v) is 2.86. The maximum absolute atomic E-state index is 12.6. The molecule has 0 aliphatic heterocycles. The average Bonchev–Trinajstić information content (AvgIpc) is 3.06. The van der Waals surface area contributed by atoms with Crippen LogP contribution in [-0.2, 0) is 5.41 Å². The van der Waals surface area contributed by atoms with Gasteiger partial charge in [-0.1, -0.05) is 20.8 Å². The molecule has 0 amide bonds. The molecule has 0 unspecified atom stereocenters. The van der Waals surface area contributed by atoms with Crippen LogP contribution in [0.3, 0.4) is 0 Å². The Hall–Kier alpha value is -2.77. The molecule has 0 bridgehead atoms. The van der Waals surface area contributed by atoms with E-state index in [0.29, 0.717) is 11.5 Å². The molecule has 108 valence electrons. The Morgan fingerprint density at radius 3 is 2.86 bits per heavy atom. The van der Waals surface area contributed by atoms with Crippen molar-refractivity contribution >= 4 is 12.0 Å². The Labute approximate surface area is 119 Å². The van der Waals surface area contributed by atoms with E-state index in [-0.39, 0.29) is 11.3 Å². The van der Waals surface area contributed by atoms with Gasteiger partial charge in [0, 0.05) is 5.41 Å². The number of fused-ring (bicyclic) bond motifs is 1. The Morgan fingerprint density at radius 1 is 1.38 bits per heavy atom. The molecule has 3 aromatic heterocycles. The molecule has 0 spiro atoms. The van der Waals surface area contributed by atoms with Gasteiger partial charge in [0.25, 0.3) is 11.3 Å². The average molecular weight is 286 g/mol. The quantitative estimate of drug-likeness (QED) is 0.657. The van der Waals surface area contributed by atoms with Crippen LogP contribution < -0.4 is 5.56 Å². The summed E-state index contributed by atoms with van der Waals surface area (Å²) >= 11 is 0. The molecule has 0 radical (unpaired) electrons. The number of aromatic nitrogens is 5. The fraction of sp³-hybridized carbons (Fsp3) is 0.308. The van der Waals surface area contributed by atoms with E-state index < -0.39 is 5.41 Å². The van der Waals surface area contributed by atoms with Gasteiger partial charge in [0.15, 0.2) is 0 Å². The molecule has 0 saturated heterocycles. The van der Waals surface area contributed by atoms with Gasteiger partial charge in [-0.3, -0.25) is 4.79 Å². The van der Waals surface area contributed by atoms with Crippen molar-refractivity contribution in [3.8, 4) is 0 Å². The second kappa shape index (κ2) is 4.65. The summed E-state index contributed by atoms with van der Waals surface area (Å²) in [5, 5.41) is 16.1. The number of furan rings is 1. The highest BCUT2D eigenvalue weighted by atomic mass is 16.3. The van der Waals surface area contributed by atoms with Crippen molar-refractivity contribution < 1.29 is 4.42 Å². The van der Waals surface area contributed by atoms with Gasteiger partial charge >= 0.3 is 0 Å². The molecule has 0 atom stereocenters. The summed E-state index contributed by atoms with van der Waals surface area (Å²) < 4.78 is 7.76. The third-order valence-electron chi connectivity index (χ3n) is 2.86. The second-order valence-corrected chi connectivity index (χ2v) is 5.55. The number of nitrogens with zero attached hydrogens (tertiary/aromatic N) is 6. The smallest absolute Gasteiger partial charge is 0.298 e. The van der Waals surface area contributed by atoms with Gasteiger partial charge in [-0.2, -0.15) is 19.4 Å². The van der Waals surface area contributed by atoms with Gasteiger partial charge in [0.1, 0.15) is 17.8 Å². The molecule has 0 aliphatic carbocycles. The minimum Gasteiger partial charge on any atom is -0.463 e. The maximum atomic E-state index is 12.6. The van der Waals surface area contributed by atoms with Crippen LogP contribution >= 0.6 is 0 Å². The van der Waals surface area contributed by atoms with E-state index in [0.717, 1.165) is 0 Å². The van der Waals surface area contributed by atoms with Crippen molar-refractivity contribution in [2.24, 2.45) is 5.10 Å². The lowest BCUT2D eigenvalue weighted by molar-refractivity contribution is 0.529. The summed E-state index contributed by atoms with van der Waals surface area (Å²) in [5.74, 6) is 0.782. The third kappa shape index (κ3) is 2.35. The summed E-state index contributed by atoms with van der Waals surface area (Å²) in [6, 6.07) is 3.48. The van der Waals surface area contributed by atoms with Gasteiger partial charge in [0.2, 0.25) is 0 Å². The number of rotatable bonds is 2. The highest BCUT2D eigenvalue weighted by molar-refractivity contribution is 5.75. The highest BCUT2D eigenvalue weighted by Gasteiger charge is 2.23. The Kier molecular flexibility index (Phi) is 2.93. The number of hydrogen-bond acceptors (Lipinski definition) is 6. The first kappa shape index (κ1) is 13.2. The summed E-state index contributed by atoms with van der Waals surface area (Å²) in [6.07, 6.45) is 4.41. The van der Waals surface area contributed by atoms with E-state index in [1.165, 1.54) is 28.0 Å². The molecule has 0 aliphatic rings. The van der Waals surface area contributed by atoms with E-state index in [4.69, 9.17) is 4.42 Å². The molecule has 0 saturated carbocycles. The summed E-state index contributed by atoms with van der Waals surface area (Å²) in [4.78, 5) is 12.6. The summed E-state index contributed by atoms with van der Waals surface area (Å²) in [7, 11) is 0. The van der Waals surface area contributed by atoms with Crippen molar-refractivity contribution in [3.05, 3.63) is 46.5 Å². The zero-order valence-electron chi connectivity index (χ0n) is 11.9. The van der Waals surface area contributed by atoms with Crippen LogP contribution in [0.15, 0.2) is 39.0 Å². The van der Waals surface area contributed by atoms with Crippen molar-refractivity contribution in [1.82, 2.24) is 24.5 Å². The molecule has 8 nitrogen and oxygen atoms in total. The monoisotopic (exact) mass is 286 g/mol. The van der Waals surface area contributed by atoms with Crippen LogP contribution in [0.1, 0.15) is 32.2 Å². The molecule has 3 heterocycles. The van der Waals surface area contributed by atoms with E-state index in [1.54, 1.807) is 12.1 Å². The molecule has 8 heteroatoms. The molecule has 0 fully saturated rings. The lowest BCUT2D eigenvalue weighted by Gasteiger charge is -2.16. The highest BCUT2D eigenvalue weighted by Crippen LogP contribution is 2.16. The normalized spacial score (nSPS) is 12.5. The van der Waals surface area contributed by atoms with Crippen LogP contribution in [0.25, 0.3) is 5.78 Å². The van der Waals surface area contributed by atoms with Gasteiger partial charge < -0.3 is 4.42 Å². The molecular weight excluding hydrogens is 272 g/mol. The first-order chi connectivity index (χ1) is 9.97. The Morgan fingerprint density at radius 2 is 2.19 bits per heavy atom. The van der Waals surface area contributed by atoms with Crippen molar-refractivity contribution in [2.45, 2.75) is 26.2 Å². The minimum atomic E-state index is -0.419. The predicted molar refractivity (Wildman–Crippen MR) is 75.4 cm³/mol. The molecular formula is C13H14N6O2. The van der Waals surface area contributed by atoms with Crippen molar-refractivity contribution in [2.75, 3.05) is 0 Å². The largest absolute Gasteiger partial charge is 0.463 e. The van der Waals surface area contributed by atoms with Crippen molar-refractivity contribution in [3.63, 3.8) is 0 Å². The molecule has 0 N–H and O–H groups in total. The molecule has 21 heavy (non-hydrogen) atoms. The maximum Gasteiger partial charge on any atom is 0.298 e.